The summed E-state index contributed by atoms with van der Waals surface area (Å²) in [4.78, 5) is 0. The first-order chi connectivity index (χ1) is 14.3. The Morgan fingerprint density at radius 1 is 0.828 bits per heavy atom. The highest BCUT2D eigenvalue weighted by atomic mass is 32.1. The van der Waals surface area contributed by atoms with Crippen LogP contribution in [0.5, 0.6) is 11.5 Å². The molecule has 0 radical (unpaired) electrons. The summed E-state index contributed by atoms with van der Waals surface area (Å²) in [5, 5.41) is 7.75. The number of nitrogens with zero attached hydrogens (tertiary/aromatic N) is 1. The molecule has 0 heterocycles. The second kappa shape index (κ2) is 11.5. The molecule has 0 unspecified atom stereocenters. The van der Waals surface area contributed by atoms with Crippen LogP contribution < -0.4 is 20.2 Å². The number of rotatable bonds is 9. The molecule has 0 atom stereocenters. The lowest BCUT2D eigenvalue weighted by atomic mass is 10.2. The summed E-state index contributed by atoms with van der Waals surface area (Å²) in [6.07, 6.45) is 1.70. The lowest BCUT2D eigenvalue weighted by Crippen LogP contribution is -2.31. The summed E-state index contributed by atoms with van der Waals surface area (Å²) in [6.45, 7) is 1.59. The number of hydrogen-bond donors (Lipinski definition) is 2. The van der Waals surface area contributed by atoms with E-state index < -0.39 is 0 Å². The van der Waals surface area contributed by atoms with Gasteiger partial charge in [0.05, 0.1) is 6.21 Å². The first kappa shape index (κ1) is 20.4. The van der Waals surface area contributed by atoms with Gasteiger partial charge in [-0.1, -0.05) is 60.7 Å². The minimum atomic E-state index is 0.460. The number of para-hydroxylation sites is 1. The first-order valence-corrected chi connectivity index (χ1v) is 9.72. The van der Waals surface area contributed by atoms with E-state index in [1.54, 1.807) is 6.21 Å². The number of benzene rings is 3. The molecule has 0 spiro atoms. The predicted octanol–water partition coefficient (Wildman–Crippen LogP) is 4.14. The molecule has 0 aliphatic rings. The van der Waals surface area contributed by atoms with Gasteiger partial charge in [0.1, 0.15) is 24.7 Å². The van der Waals surface area contributed by atoms with Crippen LogP contribution in [-0.4, -0.2) is 24.5 Å². The molecular weight excluding hydrogens is 382 g/mol. The Morgan fingerprint density at radius 2 is 1.48 bits per heavy atom. The van der Waals surface area contributed by atoms with Gasteiger partial charge in [0.15, 0.2) is 5.11 Å². The van der Waals surface area contributed by atoms with Gasteiger partial charge >= 0.3 is 0 Å². The van der Waals surface area contributed by atoms with Crippen molar-refractivity contribution in [1.82, 2.24) is 10.7 Å². The molecule has 3 aromatic rings. The molecule has 3 rings (SSSR count). The quantitative estimate of drug-likeness (QED) is 0.243. The molecule has 0 aliphatic carbocycles. The largest absolute Gasteiger partial charge is 0.490 e. The predicted molar refractivity (Wildman–Crippen MR) is 120 cm³/mol. The van der Waals surface area contributed by atoms with Crippen molar-refractivity contribution in [2.75, 3.05) is 13.2 Å². The number of hydrazone groups is 1. The van der Waals surface area contributed by atoms with Crippen molar-refractivity contribution < 1.29 is 9.47 Å². The van der Waals surface area contributed by atoms with E-state index in [2.05, 4.69) is 15.8 Å². The summed E-state index contributed by atoms with van der Waals surface area (Å²) in [5.74, 6) is 1.59. The second-order valence-corrected chi connectivity index (χ2v) is 6.53. The number of nitrogens with one attached hydrogen (secondary N) is 2. The van der Waals surface area contributed by atoms with Crippen LogP contribution in [0.4, 0.5) is 0 Å². The van der Waals surface area contributed by atoms with E-state index in [9.17, 15) is 0 Å². The van der Waals surface area contributed by atoms with Crippen molar-refractivity contribution >= 4 is 23.5 Å². The molecule has 0 saturated carbocycles. The van der Waals surface area contributed by atoms with Gasteiger partial charge < -0.3 is 14.8 Å². The molecule has 0 bridgehead atoms. The highest BCUT2D eigenvalue weighted by Gasteiger charge is 1.98. The maximum Gasteiger partial charge on any atom is 0.187 e. The Kier molecular flexibility index (Phi) is 8.04. The van der Waals surface area contributed by atoms with E-state index in [1.165, 1.54) is 0 Å². The zero-order chi connectivity index (χ0) is 20.2. The average molecular weight is 406 g/mol. The van der Waals surface area contributed by atoms with E-state index in [0.717, 1.165) is 22.6 Å². The molecule has 148 valence electrons. The second-order valence-electron chi connectivity index (χ2n) is 6.12. The van der Waals surface area contributed by atoms with Crippen molar-refractivity contribution in [3.63, 3.8) is 0 Å². The molecule has 0 fully saturated rings. The third-order valence-corrected chi connectivity index (χ3v) is 4.13. The fourth-order valence-electron chi connectivity index (χ4n) is 2.50. The Hall–Kier alpha value is -3.38. The maximum absolute atomic E-state index is 5.74. The van der Waals surface area contributed by atoms with Crippen LogP contribution in [0, 0.1) is 0 Å². The summed E-state index contributed by atoms with van der Waals surface area (Å²) in [6, 6.07) is 27.4. The molecule has 0 saturated heterocycles. The maximum atomic E-state index is 5.74. The standard InChI is InChI=1S/C23H23N3O2S/c29-23(24-17-19-8-3-1-4-9-19)26-25-18-20-10-7-13-22(16-20)28-15-14-27-21-11-5-2-6-12-21/h1-13,16,18H,14-15,17H2,(H2,24,26,29). The summed E-state index contributed by atoms with van der Waals surface area (Å²) in [7, 11) is 0. The molecule has 0 aromatic heterocycles. The Labute approximate surface area is 176 Å². The summed E-state index contributed by atoms with van der Waals surface area (Å²) in [5.41, 5.74) is 4.88. The molecule has 3 aromatic carbocycles. The topological polar surface area (TPSA) is 54.9 Å². The minimum absolute atomic E-state index is 0.460. The van der Waals surface area contributed by atoms with E-state index in [0.29, 0.717) is 24.9 Å². The molecule has 29 heavy (non-hydrogen) atoms. The van der Waals surface area contributed by atoms with Gasteiger partial charge in [0, 0.05) is 6.54 Å². The highest BCUT2D eigenvalue weighted by molar-refractivity contribution is 7.80. The fraction of sp³-hybridized carbons (Fsp3) is 0.130. The normalized spacial score (nSPS) is 10.5. The molecule has 0 amide bonds. The van der Waals surface area contributed by atoms with Gasteiger partial charge in [0.25, 0.3) is 0 Å². The van der Waals surface area contributed by atoms with E-state index in [-0.39, 0.29) is 0 Å². The van der Waals surface area contributed by atoms with Gasteiger partial charge in [-0.2, -0.15) is 5.10 Å². The molecule has 6 heteroatoms. The number of hydrogen-bond acceptors (Lipinski definition) is 4. The van der Waals surface area contributed by atoms with Gasteiger partial charge in [-0.15, -0.1) is 0 Å². The van der Waals surface area contributed by atoms with Crippen molar-refractivity contribution in [3.05, 3.63) is 96.1 Å². The van der Waals surface area contributed by atoms with Crippen LogP contribution in [0.2, 0.25) is 0 Å². The molecule has 5 nitrogen and oxygen atoms in total. The van der Waals surface area contributed by atoms with Crippen LogP contribution in [0.15, 0.2) is 90.0 Å². The molecule has 0 aliphatic heterocycles. The van der Waals surface area contributed by atoms with Gasteiger partial charge in [-0.05, 0) is 47.6 Å². The SMILES string of the molecule is S=C(NCc1ccccc1)NN=Cc1cccc(OCCOc2ccccc2)c1. The first-order valence-electron chi connectivity index (χ1n) is 9.31. The van der Waals surface area contributed by atoms with Crippen LogP contribution in [0.25, 0.3) is 0 Å². The van der Waals surface area contributed by atoms with Gasteiger partial charge in [-0.25, -0.2) is 0 Å². The fourth-order valence-corrected chi connectivity index (χ4v) is 2.63. The Morgan fingerprint density at radius 3 is 2.24 bits per heavy atom. The van der Waals surface area contributed by atoms with E-state index in [1.807, 2.05) is 84.9 Å². The smallest absolute Gasteiger partial charge is 0.187 e. The van der Waals surface area contributed by atoms with Gasteiger partial charge in [0.2, 0.25) is 0 Å². The van der Waals surface area contributed by atoms with Crippen molar-refractivity contribution in [2.24, 2.45) is 5.10 Å². The summed E-state index contributed by atoms with van der Waals surface area (Å²) < 4.78 is 11.4. The zero-order valence-electron chi connectivity index (χ0n) is 16.0. The average Bonchev–Trinajstić information content (AvgIpc) is 2.77. The van der Waals surface area contributed by atoms with Crippen molar-refractivity contribution in [2.45, 2.75) is 6.54 Å². The Balaban J connectivity index is 1.38. The summed E-state index contributed by atoms with van der Waals surface area (Å²) >= 11 is 5.23. The van der Waals surface area contributed by atoms with Crippen LogP contribution in [0.3, 0.4) is 0 Å². The lowest BCUT2D eigenvalue weighted by Gasteiger charge is -2.09. The number of ether oxygens (including phenoxy) is 2. The molecule has 2 N–H and O–H groups in total. The van der Waals surface area contributed by atoms with E-state index >= 15 is 0 Å². The van der Waals surface area contributed by atoms with Crippen LogP contribution in [0.1, 0.15) is 11.1 Å². The number of thiocarbonyl (C=S) groups is 1. The highest BCUT2D eigenvalue weighted by Crippen LogP contribution is 2.12. The monoisotopic (exact) mass is 405 g/mol. The molecular formula is C23H23N3O2S. The van der Waals surface area contributed by atoms with Crippen molar-refractivity contribution in [1.29, 1.82) is 0 Å². The third-order valence-electron chi connectivity index (χ3n) is 3.90. The minimum Gasteiger partial charge on any atom is -0.490 e. The Bertz CT molecular complexity index is 918. The van der Waals surface area contributed by atoms with Crippen LogP contribution >= 0.6 is 12.2 Å². The van der Waals surface area contributed by atoms with E-state index in [4.69, 9.17) is 21.7 Å². The lowest BCUT2D eigenvalue weighted by molar-refractivity contribution is 0.217. The van der Waals surface area contributed by atoms with Crippen molar-refractivity contribution in [3.8, 4) is 11.5 Å². The zero-order valence-corrected chi connectivity index (χ0v) is 16.8. The van der Waals surface area contributed by atoms with Gasteiger partial charge in [-0.3, -0.25) is 5.43 Å². The van der Waals surface area contributed by atoms with Crippen LogP contribution in [-0.2, 0) is 6.54 Å². The third kappa shape index (κ3) is 7.63.